The summed E-state index contributed by atoms with van der Waals surface area (Å²) >= 11 is 3.33. The molecule has 0 fully saturated rings. The first-order valence-corrected chi connectivity index (χ1v) is 6.36. The highest BCUT2D eigenvalue weighted by atomic mass is 79.9. The van der Waals surface area contributed by atoms with Gasteiger partial charge in [-0.1, -0.05) is 15.9 Å². The number of hydrogen-bond donors (Lipinski definition) is 1. The van der Waals surface area contributed by atoms with Gasteiger partial charge < -0.3 is 0 Å². The Labute approximate surface area is 105 Å². The molecular formula is C10H11BrN4O2. The van der Waals surface area contributed by atoms with E-state index in [0.29, 0.717) is 12.2 Å². The molecule has 0 bridgehead atoms. The minimum Gasteiger partial charge on any atom is -0.276 e. The number of aryl methyl sites for hydroxylation is 1. The van der Waals surface area contributed by atoms with Gasteiger partial charge in [-0.2, -0.15) is 0 Å². The van der Waals surface area contributed by atoms with Crippen LogP contribution in [0.1, 0.15) is 12.8 Å². The monoisotopic (exact) mass is 298 g/mol. The lowest BCUT2D eigenvalue weighted by molar-refractivity contribution is 0.615. The number of nitrogens with one attached hydrogen (secondary N) is 1. The standard InChI is InChI=1S/C10H11BrN4O2/c11-3-1-2-6-15-8-7(12-4-5-13-8)9(16)14-10(15)17/h4-5H,1-3,6H2,(H,14,16,17). The molecule has 1 N–H and O–H groups in total. The summed E-state index contributed by atoms with van der Waals surface area (Å²) in [4.78, 5) is 33.4. The van der Waals surface area contributed by atoms with Crippen LogP contribution >= 0.6 is 15.9 Å². The third-order valence-corrected chi connectivity index (χ3v) is 2.94. The Morgan fingerprint density at radius 2 is 2.00 bits per heavy atom. The van der Waals surface area contributed by atoms with Crippen LogP contribution in [0.4, 0.5) is 0 Å². The van der Waals surface area contributed by atoms with Gasteiger partial charge in [0.2, 0.25) is 0 Å². The highest BCUT2D eigenvalue weighted by Crippen LogP contribution is 2.02. The summed E-state index contributed by atoms with van der Waals surface area (Å²) in [7, 11) is 0. The number of fused-ring (bicyclic) bond motifs is 1. The van der Waals surface area contributed by atoms with Crippen molar-refractivity contribution in [2.75, 3.05) is 5.33 Å². The summed E-state index contributed by atoms with van der Waals surface area (Å²) in [6.07, 6.45) is 4.70. The maximum Gasteiger partial charge on any atom is 0.330 e. The molecule has 0 atom stereocenters. The molecule has 7 heteroatoms. The van der Waals surface area contributed by atoms with Crippen LogP contribution < -0.4 is 11.2 Å². The van der Waals surface area contributed by atoms with Crippen molar-refractivity contribution in [3.63, 3.8) is 0 Å². The van der Waals surface area contributed by atoms with Gasteiger partial charge >= 0.3 is 5.69 Å². The number of unbranched alkanes of at least 4 members (excludes halogenated alkanes) is 1. The van der Waals surface area contributed by atoms with E-state index >= 15 is 0 Å². The summed E-state index contributed by atoms with van der Waals surface area (Å²) < 4.78 is 1.45. The third kappa shape index (κ3) is 2.44. The number of halogens is 1. The van der Waals surface area contributed by atoms with Crippen LogP contribution in [0, 0.1) is 0 Å². The van der Waals surface area contributed by atoms with Crippen molar-refractivity contribution in [2.45, 2.75) is 19.4 Å². The van der Waals surface area contributed by atoms with Crippen LogP contribution in [-0.2, 0) is 6.54 Å². The first kappa shape index (κ1) is 12.0. The molecule has 90 valence electrons. The molecule has 0 amide bonds. The molecule has 0 saturated heterocycles. The Hall–Kier alpha value is -1.50. The van der Waals surface area contributed by atoms with Gasteiger partial charge in [0.25, 0.3) is 5.56 Å². The second-order valence-electron chi connectivity index (χ2n) is 3.54. The van der Waals surface area contributed by atoms with Crippen LogP contribution in [0.15, 0.2) is 22.0 Å². The van der Waals surface area contributed by atoms with Crippen molar-refractivity contribution in [3.05, 3.63) is 33.2 Å². The van der Waals surface area contributed by atoms with Crippen LogP contribution in [0.25, 0.3) is 11.2 Å². The van der Waals surface area contributed by atoms with E-state index < -0.39 is 11.2 Å². The second-order valence-corrected chi connectivity index (χ2v) is 4.33. The van der Waals surface area contributed by atoms with Gasteiger partial charge in [0.15, 0.2) is 11.2 Å². The average molecular weight is 299 g/mol. The average Bonchev–Trinajstić information content (AvgIpc) is 2.33. The van der Waals surface area contributed by atoms with E-state index in [4.69, 9.17) is 0 Å². The Morgan fingerprint density at radius 3 is 2.76 bits per heavy atom. The Balaban J connectivity index is 2.54. The number of nitrogens with zero attached hydrogens (tertiary/aromatic N) is 3. The molecule has 2 aromatic heterocycles. The van der Waals surface area contributed by atoms with Gasteiger partial charge in [-0.25, -0.2) is 14.8 Å². The molecule has 0 radical (unpaired) electrons. The van der Waals surface area contributed by atoms with Gasteiger partial charge in [-0.3, -0.25) is 14.3 Å². The lowest BCUT2D eigenvalue weighted by Gasteiger charge is -2.06. The number of rotatable bonds is 4. The van der Waals surface area contributed by atoms with Crippen LogP contribution in [-0.4, -0.2) is 24.8 Å². The fourth-order valence-corrected chi connectivity index (χ4v) is 1.98. The topological polar surface area (TPSA) is 80.6 Å². The summed E-state index contributed by atoms with van der Waals surface area (Å²) in [5.74, 6) is 0. The molecule has 2 aromatic rings. The van der Waals surface area contributed by atoms with E-state index in [1.165, 1.54) is 17.0 Å². The maximum atomic E-state index is 11.7. The molecule has 2 heterocycles. The Morgan fingerprint density at radius 1 is 1.24 bits per heavy atom. The zero-order valence-electron chi connectivity index (χ0n) is 9.02. The van der Waals surface area contributed by atoms with E-state index in [1.807, 2.05) is 0 Å². The highest BCUT2D eigenvalue weighted by molar-refractivity contribution is 9.09. The second kappa shape index (κ2) is 5.22. The first-order chi connectivity index (χ1) is 8.24. The van der Waals surface area contributed by atoms with E-state index in [0.717, 1.165) is 18.2 Å². The molecule has 0 aromatic carbocycles. The van der Waals surface area contributed by atoms with Crippen molar-refractivity contribution >= 4 is 27.1 Å². The summed E-state index contributed by atoms with van der Waals surface area (Å²) in [6.45, 7) is 0.524. The number of aromatic nitrogens is 4. The van der Waals surface area contributed by atoms with Crippen LogP contribution in [0.2, 0.25) is 0 Å². The maximum absolute atomic E-state index is 11.7. The normalized spacial score (nSPS) is 10.9. The number of aromatic amines is 1. The summed E-state index contributed by atoms with van der Waals surface area (Å²) in [5, 5.41) is 0.884. The first-order valence-electron chi connectivity index (χ1n) is 5.24. The minimum absolute atomic E-state index is 0.200. The number of alkyl halides is 1. The molecule has 0 aliphatic carbocycles. The van der Waals surface area contributed by atoms with Crippen molar-refractivity contribution in [1.29, 1.82) is 0 Å². The fraction of sp³-hybridized carbons (Fsp3) is 0.400. The predicted molar refractivity (Wildman–Crippen MR) is 67.4 cm³/mol. The quantitative estimate of drug-likeness (QED) is 0.664. The Bertz CT molecular complexity index is 634. The van der Waals surface area contributed by atoms with Crippen molar-refractivity contribution in [1.82, 2.24) is 19.5 Å². The summed E-state index contributed by atoms with van der Waals surface area (Å²) in [6, 6.07) is 0. The minimum atomic E-state index is -0.491. The Kier molecular flexibility index (Phi) is 3.68. The van der Waals surface area contributed by atoms with Crippen molar-refractivity contribution in [2.24, 2.45) is 0 Å². The van der Waals surface area contributed by atoms with Crippen LogP contribution in [0.5, 0.6) is 0 Å². The zero-order valence-corrected chi connectivity index (χ0v) is 10.6. The predicted octanol–water partition coefficient (Wildman–Crippen LogP) is 0.655. The molecule has 0 spiro atoms. The zero-order chi connectivity index (χ0) is 12.3. The largest absolute Gasteiger partial charge is 0.330 e. The smallest absolute Gasteiger partial charge is 0.276 e. The van der Waals surface area contributed by atoms with E-state index in [2.05, 4.69) is 30.9 Å². The molecule has 17 heavy (non-hydrogen) atoms. The van der Waals surface area contributed by atoms with Crippen LogP contribution in [0.3, 0.4) is 0 Å². The van der Waals surface area contributed by atoms with Gasteiger partial charge in [0, 0.05) is 24.3 Å². The van der Waals surface area contributed by atoms with Gasteiger partial charge in [0.1, 0.15) is 0 Å². The molecule has 0 unspecified atom stereocenters. The van der Waals surface area contributed by atoms with Crippen molar-refractivity contribution < 1.29 is 0 Å². The molecule has 0 aliphatic heterocycles. The van der Waals surface area contributed by atoms with E-state index in [9.17, 15) is 9.59 Å². The van der Waals surface area contributed by atoms with E-state index in [-0.39, 0.29) is 5.52 Å². The molecule has 6 nitrogen and oxygen atoms in total. The lowest BCUT2D eigenvalue weighted by Crippen LogP contribution is -2.31. The molecule has 2 rings (SSSR count). The molecule has 0 saturated carbocycles. The van der Waals surface area contributed by atoms with Gasteiger partial charge in [-0.15, -0.1) is 0 Å². The highest BCUT2D eigenvalue weighted by Gasteiger charge is 2.08. The summed E-state index contributed by atoms with van der Waals surface area (Å²) in [5.41, 5.74) is -0.380. The van der Waals surface area contributed by atoms with Gasteiger partial charge in [-0.05, 0) is 12.8 Å². The molecule has 0 aliphatic rings. The lowest BCUT2D eigenvalue weighted by atomic mass is 10.3. The van der Waals surface area contributed by atoms with Crippen molar-refractivity contribution in [3.8, 4) is 0 Å². The SMILES string of the molecule is O=c1[nH]c(=O)n(CCCCBr)c2nccnc12. The fourth-order valence-electron chi connectivity index (χ4n) is 1.58. The third-order valence-electron chi connectivity index (χ3n) is 2.38. The number of hydrogen-bond acceptors (Lipinski definition) is 4. The van der Waals surface area contributed by atoms with E-state index in [1.54, 1.807) is 0 Å². The number of H-pyrrole nitrogens is 1. The van der Waals surface area contributed by atoms with Gasteiger partial charge in [0.05, 0.1) is 0 Å². The molecular weight excluding hydrogens is 288 g/mol.